The molecule has 5 heteroatoms. The van der Waals surface area contributed by atoms with Crippen LogP contribution in [0.25, 0.3) is 0 Å². The molecule has 0 saturated carbocycles. The van der Waals surface area contributed by atoms with Gasteiger partial charge in [0.2, 0.25) is 0 Å². The van der Waals surface area contributed by atoms with Crippen molar-refractivity contribution in [1.29, 1.82) is 0 Å². The Labute approximate surface area is 149 Å². The summed E-state index contributed by atoms with van der Waals surface area (Å²) in [6, 6.07) is 8.45. The fraction of sp³-hybridized carbons (Fsp3) is 0.611. The van der Waals surface area contributed by atoms with E-state index in [4.69, 9.17) is 0 Å². The minimum absolute atomic E-state index is 0.862. The van der Waals surface area contributed by atoms with Crippen LogP contribution in [0.3, 0.4) is 0 Å². The van der Waals surface area contributed by atoms with Crippen LogP contribution >= 0.6 is 15.9 Å². The van der Waals surface area contributed by atoms with Crippen LogP contribution in [0.2, 0.25) is 0 Å². The number of nitrogens with one attached hydrogen (secondary N) is 1. The fourth-order valence-electron chi connectivity index (χ4n) is 2.99. The molecule has 0 unspecified atom stereocenters. The third-order valence-electron chi connectivity index (χ3n) is 4.29. The molecule has 1 aromatic rings. The summed E-state index contributed by atoms with van der Waals surface area (Å²) in [5.74, 6) is 0.967. The first-order valence-corrected chi connectivity index (χ1v) is 9.37. The maximum Gasteiger partial charge on any atom is 0.193 e. The van der Waals surface area contributed by atoms with Crippen molar-refractivity contribution in [1.82, 2.24) is 15.1 Å². The van der Waals surface area contributed by atoms with Crippen molar-refractivity contribution in [3.63, 3.8) is 0 Å². The molecule has 1 aromatic carbocycles. The lowest BCUT2D eigenvalue weighted by molar-refractivity contribution is 0.330. The Bertz CT molecular complexity index is 480. The van der Waals surface area contributed by atoms with Crippen LogP contribution in [0.1, 0.15) is 31.2 Å². The number of guanidine groups is 1. The van der Waals surface area contributed by atoms with Gasteiger partial charge in [0.15, 0.2) is 5.96 Å². The molecule has 1 aliphatic rings. The predicted octanol–water partition coefficient (Wildman–Crippen LogP) is 3.33. The monoisotopic (exact) mass is 380 g/mol. The lowest BCUT2D eigenvalue weighted by atomic mass is 10.2. The number of halogens is 1. The van der Waals surface area contributed by atoms with Crippen molar-refractivity contribution < 1.29 is 0 Å². The summed E-state index contributed by atoms with van der Waals surface area (Å²) >= 11 is 3.47. The molecule has 1 aliphatic heterocycles. The first-order valence-electron chi connectivity index (χ1n) is 8.57. The van der Waals surface area contributed by atoms with Crippen molar-refractivity contribution in [2.45, 2.75) is 32.2 Å². The van der Waals surface area contributed by atoms with E-state index in [1.54, 1.807) is 0 Å². The second-order valence-corrected chi connectivity index (χ2v) is 7.13. The molecule has 23 heavy (non-hydrogen) atoms. The Morgan fingerprint density at radius 2 is 1.91 bits per heavy atom. The number of rotatable bonds is 7. The van der Waals surface area contributed by atoms with Crippen molar-refractivity contribution in [3.05, 3.63) is 34.3 Å². The van der Waals surface area contributed by atoms with E-state index >= 15 is 0 Å². The number of nitrogens with zero attached hydrogens (tertiary/aromatic N) is 3. The molecular formula is C18H29BrN4. The molecule has 128 valence electrons. The van der Waals surface area contributed by atoms with E-state index in [0.717, 1.165) is 23.5 Å². The Hall–Kier alpha value is -1.07. The van der Waals surface area contributed by atoms with Crippen LogP contribution in [0.15, 0.2) is 33.7 Å². The molecule has 0 spiro atoms. The van der Waals surface area contributed by atoms with E-state index in [-0.39, 0.29) is 0 Å². The van der Waals surface area contributed by atoms with Gasteiger partial charge >= 0.3 is 0 Å². The number of likely N-dealkylation sites (tertiary alicyclic amines) is 1. The van der Waals surface area contributed by atoms with Crippen LogP contribution < -0.4 is 5.32 Å². The number of unbranched alkanes of at least 4 members (excludes halogenated alkanes) is 1. The van der Waals surface area contributed by atoms with Crippen molar-refractivity contribution in [3.8, 4) is 0 Å². The van der Waals surface area contributed by atoms with Crippen LogP contribution in [0.4, 0.5) is 0 Å². The second kappa shape index (κ2) is 9.93. The molecule has 4 nitrogen and oxygen atoms in total. The highest BCUT2D eigenvalue weighted by Crippen LogP contribution is 2.12. The van der Waals surface area contributed by atoms with Gasteiger partial charge in [0, 0.05) is 31.7 Å². The van der Waals surface area contributed by atoms with Gasteiger partial charge in [0.25, 0.3) is 0 Å². The smallest absolute Gasteiger partial charge is 0.193 e. The normalized spacial score (nSPS) is 15.9. The van der Waals surface area contributed by atoms with Gasteiger partial charge in [-0.1, -0.05) is 28.1 Å². The molecule has 0 radical (unpaired) electrons. The second-order valence-electron chi connectivity index (χ2n) is 6.21. The maximum absolute atomic E-state index is 4.39. The van der Waals surface area contributed by atoms with Crippen molar-refractivity contribution >= 4 is 21.9 Å². The SMILES string of the molecule is CN=C(NCCCCN1CCCC1)N(C)Cc1ccc(Br)cc1. The summed E-state index contributed by atoms with van der Waals surface area (Å²) in [4.78, 5) is 9.14. The Balaban J connectivity index is 1.66. The summed E-state index contributed by atoms with van der Waals surface area (Å²) in [6.07, 6.45) is 5.22. The van der Waals surface area contributed by atoms with Crippen molar-refractivity contribution in [2.75, 3.05) is 40.3 Å². The Morgan fingerprint density at radius 1 is 1.22 bits per heavy atom. The van der Waals surface area contributed by atoms with E-state index in [1.165, 1.54) is 50.9 Å². The highest BCUT2D eigenvalue weighted by atomic mass is 79.9. The lowest BCUT2D eigenvalue weighted by Gasteiger charge is -2.22. The third-order valence-corrected chi connectivity index (χ3v) is 4.82. The molecule has 1 saturated heterocycles. The van der Waals surface area contributed by atoms with E-state index in [2.05, 4.69) is 67.4 Å². The summed E-state index contributed by atoms with van der Waals surface area (Å²) < 4.78 is 1.12. The zero-order valence-corrected chi connectivity index (χ0v) is 16.0. The summed E-state index contributed by atoms with van der Waals surface area (Å²) in [7, 11) is 3.94. The minimum atomic E-state index is 0.862. The molecule has 0 aromatic heterocycles. The first kappa shape index (κ1) is 18.3. The standard InChI is InChI=1S/C18H29BrN4/c1-20-18(21-11-3-4-12-23-13-5-6-14-23)22(2)15-16-7-9-17(19)10-8-16/h7-10H,3-6,11-15H2,1-2H3,(H,20,21). The van der Waals surface area contributed by atoms with Crippen LogP contribution in [0, 0.1) is 0 Å². The highest BCUT2D eigenvalue weighted by molar-refractivity contribution is 9.10. The average molecular weight is 381 g/mol. The minimum Gasteiger partial charge on any atom is -0.356 e. The number of aliphatic imine (C=N–C) groups is 1. The van der Waals surface area contributed by atoms with Crippen LogP contribution in [-0.4, -0.2) is 56.0 Å². The first-order chi connectivity index (χ1) is 11.2. The number of benzene rings is 1. The molecule has 0 aliphatic carbocycles. The summed E-state index contributed by atoms with van der Waals surface area (Å²) in [5.41, 5.74) is 1.28. The van der Waals surface area contributed by atoms with E-state index in [9.17, 15) is 0 Å². The summed E-state index contributed by atoms with van der Waals surface area (Å²) in [5, 5.41) is 3.47. The highest BCUT2D eigenvalue weighted by Gasteiger charge is 2.10. The zero-order chi connectivity index (χ0) is 16.5. The van der Waals surface area contributed by atoms with Crippen molar-refractivity contribution in [2.24, 2.45) is 4.99 Å². The molecule has 0 atom stereocenters. The molecule has 1 N–H and O–H groups in total. The van der Waals surface area contributed by atoms with E-state index in [0.29, 0.717) is 0 Å². The number of hydrogen-bond acceptors (Lipinski definition) is 2. The Morgan fingerprint density at radius 3 is 2.57 bits per heavy atom. The lowest BCUT2D eigenvalue weighted by Crippen LogP contribution is -2.39. The Kier molecular flexibility index (Phi) is 7.89. The van der Waals surface area contributed by atoms with Gasteiger partial charge in [-0.25, -0.2) is 0 Å². The number of hydrogen-bond donors (Lipinski definition) is 1. The van der Waals surface area contributed by atoms with Gasteiger partial charge < -0.3 is 15.1 Å². The van der Waals surface area contributed by atoms with Gasteiger partial charge in [0.1, 0.15) is 0 Å². The van der Waals surface area contributed by atoms with Crippen LogP contribution in [0.5, 0.6) is 0 Å². The maximum atomic E-state index is 4.39. The molecule has 2 rings (SSSR count). The molecule has 0 bridgehead atoms. The van der Waals surface area contributed by atoms with E-state index < -0.39 is 0 Å². The molecule has 1 heterocycles. The van der Waals surface area contributed by atoms with Gasteiger partial charge in [-0.15, -0.1) is 0 Å². The molecule has 1 fully saturated rings. The largest absolute Gasteiger partial charge is 0.356 e. The average Bonchev–Trinajstić information content (AvgIpc) is 3.06. The van der Waals surface area contributed by atoms with Gasteiger partial charge in [0.05, 0.1) is 0 Å². The quantitative estimate of drug-likeness (QED) is 0.447. The topological polar surface area (TPSA) is 30.9 Å². The predicted molar refractivity (Wildman–Crippen MR) is 102 cm³/mol. The van der Waals surface area contributed by atoms with Gasteiger partial charge in [-0.05, 0) is 63.0 Å². The zero-order valence-electron chi connectivity index (χ0n) is 14.4. The molecule has 0 amide bonds. The third kappa shape index (κ3) is 6.51. The summed E-state index contributed by atoms with van der Waals surface area (Å²) in [6.45, 7) is 5.69. The van der Waals surface area contributed by atoms with E-state index in [1.807, 2.05) is 7.05 Å². The van der Waals surface area contributed by atoms with Gasteiger partial charge in [-0.3, -0.25) is 4.99 Å². The fourth-order valence-corrected chi connectivity index (χ4v) is 3.25. The van der Waals surface area contributed by atoms with Gasteiger partial charge in [-0.2, -0.15) is 0 Å². The molecular weight excluding hydrogens is 352 g/mol. The van der Waals surface area contributed by atoms with Crippen LogP contribution in [-0.2, 0) is 6.54 Å².